The maximum absolute atomic E-state index is 13.5. The van der Waals surface area contributed by atoms with Crippen LogP contribution in [0.5, 0.6) is 5.75 Å². The Balaban J connectivity index is 1.29. The minimum Gasteiger partial charge on any atom is -0.432 e. The number of halogens is 4. The first-order valence-electron chi connectivity index (χ1n) is 11.3. The van der Waals surface area contributed by atoms with E-state index in [1.807, 2.05) is 6.07 Å². The molecule has 0 unspecified atom stereocenters. The fourth-order valence-corrected chi connectivity index (χ4v) is 3.72. The lowest BCUT2D eigenvalue weighted by atomic mass is 10.1. The van der Waals surface area contributed by atoms with Gasteiger partial charge in [0.25, 0.3) is 5.91 Å². The summed E-state index contributed by atoms with van der Waals surface area (Å²) in [4.78, 5) is 16.8. The molecule has 0 bridgehead atoms. The van der Waals surface area contributed by atoms with Crippen molar-refractivity contribution in [3.05, 3.63) is 108 Å². The minimum absolute atomic E-state index is 0.0797. The van der Waals surface area contributed by atoms with Crippen molar-refractivity contribution in [3.63, 3.8) is 0 Å². The van der Waals surface area contributed by atoms with E-state index in [1.165, 1.54) is 22.7 Å². The van der Waals surface area contributed by atoms with Crippen LogP contribution in [0, 0.1) is 11.6 Å². The van der Waals surface area contributed by atoms with Crippen LogP contribution in [0.15, 0.2) is 85.1 Å². The number of fused-ring (bicyclic) bond motifs is 1. The average molecular weight is 521 g/mol. The fourth-order valence-electron chi connectivity index (χ4n) is 3.72. The number of carbonyl (C=O) groups is 1. The summed E-state index contributed by atoms with van der Waals surface area (Å²) in [6, 6.07) is 19.6. The summed E-state index contributed by atoms with van der Waals surface area (Å²) in [7, 11) is 0. The zero-order chi connectivity index (χ0) is 26.6. The Morgan fingerprint density at radius 3 is 2.34 bits per heavy atom. The van der Waals surface area contributed by atoms with Crippen LogP contribution < -0.4 is 15.4 Å². The number of alkyl halides is 2. The van der Waals surface area contributed by atoms with E-state index in [1.54, 1.807) is 48.7 Å². The molecule has 5 rings (SSSR count). The number of hydrogen-bond acceptors (Lipinski definition) is 5. The first-order chi connectivity index (χ1) is 18.3. The number of ether oxygens (including phenoxy) is 1. The molecular weight excluding hydrogens is 502 g/mol. The van der Waals surface area contributed by atoms with Gasteiger partial charge in [-0.25, -0.2) is 13.3 Å². The summed E-state index contributed by atoms with van der Waals surface area (Å²) in [5.74, 6) is -1.61. The highest BCUT2D eigenvalue weighted by atomic mass is 19.3. The van der Waals surface area contributed by atoms with Crippen molar-refractivity contribution in [1.82, 2.24) is 19.9 Å². The van der Waals surface area contributed by atoms with Crippen LogP contribution in [0.4, 0.5) is 29.2 Å². The maximum atomic E-state index is 13.5. The van der Waals surface area contributed by atoms with Crippen molar-refractivity contribution >= 4 is 23.2 Å². The Labute approximate surface area is 213 Å². The summed E-state index contributed by atoms with van der Waals surface area (Å²) in [6.45, 7) is -2.85. The van der Waals surface area contributed by atoms with Gasteiger partial charge in [0.15, 0.2) is 11.4 Å². The number of carbonyl (C=O) groups excluding carboxylic acids is 1. The molecule has 0 aliphatic carbocycles. The van der Waals surface area contributed by atoms with E-state index in [-0.39, 0.29) is 35.7 Å². The largest absolute Gasteiger partial charge is 0.432 e. The smallest absolute Gasteiger partial charge is 0.387 e. The van der Waals surface area contributed by atoms with E-state index in [0.29, 0.717) is 11.2 Å². The second kappa shape index (κ2) is 10.6. The molecular formula is C27H19F4N5O2. The Hall–Kier alpha value is -4.93. The molecule has 0 spiro atoms. The number of nitrogens with zero attached hydrogens (tertiary/aromatic N) is 3. The Kier molecular flexibility index (Phi) is 6.90. The van der Waals surface area contributed by atoms with Crippen LogP contribution in [0.1, 0.15) is 15.9 Å². The second-order valence-electron chi connectivity index (χ2n) is 8.19. The number of benzene rings is 3. The number of amides is 1. The van der Waals surface area contributed by atoms with E-state index in [4.69, 9.17) is 0 Å². The van der Waals surface area contributed by atoms with E-state index >= 15 is 0 Å². The highest BCUT2D eigenvalue weighted by Crippen LogP contribution is 2.29. The first-order valence-corrected chi connectivity index (χ1v) is 11.3. The third kappa shape index (κ3) is 5.72. The van der Waals surface area contributed by atoms with Crippen LogP contribution >= 0.6 is 0 Å². The lowest BCUT2D eigenvalue weighted by Gasteiger charge is -2.10. The molecule has 0 aliphatic rings. The van der Waals surface area contributed by atoms with Gasteiger partial charge in [-0.05, 0) is 59.7 Å². The van der Waals surface area contributed by atoms with Crippen molar-refractivity contribution < 1.29 is 27.1 Å². The predicted octanol–water partition coefficient (Wildman–Crippen LogP) is 5.95. The molecule has 3 aromatic carbocycles. The third-order valence-corrected chi connectivity index (χ3v) is 5.58. The van der Waals surface area contributed by atoms with Gasteiger partial charge in [0, 0.05) is 29.9 Å². The van der Waals surface area contributed by atoms with Crippen LogP contribution in [0.3, 0.4) is 0 Å². The predicted molar refractivity (Wildman–Crippen MR) is 132 cm³/mol. The minimum atomic E-state index is -3.12. The molecule has 0 saturated heterocycles. The van der Waals surface area contributed by atoms with E-state index in [0.717, 1.165) is 28.8 Å². The average Bonchev–Trinajstić information content (AvgIpc) is 3.31. The number of pyridine rings is 1. The molecule has 0 atom stereocenters. The molecule has 2 aromatic heterocycles. The van der Waals surface area contributed by atoms with E-state index in [9.17, 15) is 22.4 Å². The molecule has 2 heterocycles. The van der Waals surface area contributed by atoms with Gasteiger partial charge in [0.1, 0.15) is 11.6 Å². The monoisotopic (exact) mass is 521 g/mol. The van der Waals surface area contributed by atoms with Crippen molar-refractivity contribution in [2.45, 2.75) is 13.2 Å². The number of hydrogen-bond donors (Lipinski definition) is 2. The van der Waals surface area contributed by atoms with Crippen molar-refractivity contribution in [3.8, 4) is 16.9 Å². The molecule has 0 radical (unpaired) electrons. The van der Waals surface area contributed by atoms with Crippen molar-refractivity contribution in [2.24, 2.45) is 0 Å². The van der Waals surface area contributed by atoms with Crippen LogP contribution in [-0.4, -0.2) is 27.1 Å². The quantitative estimate of drug-likeness (QED) is 0.247. The van der Waals surface area contributed by atoms with Gasteiger partial charge < -0.3 is 15.4 Å². The number of rotatable bonds is 8. The standard InChI is InChI=1S/C27H19F4N5O2/c28-20-8-1-16(2-9-20)14-32-25(37)18-5-3-17(4-6-18)19-7-12-24-34-27(35-36(24)15-19)33-22-11-10-21(29)13-23(22)38-26(30)31/h1-13,15,26H,14H2,(H,32,37)(H,33,35). The second-order valence-corrected chi connectivity index (χ2v) is 8.19. The summed E-state index contributed by atoms with van der Waals surface area (Å²) < 4.78 is 57.8. The topological polar surface area (TPSA) is 80.5 Å². The maximum Gasteiger partial charge on any atom is 0.387 e. The number of nitrogens with one attached hydrogen (secondary N) is 2. The molecule has 0 aliphatic heterocycles. The van der Waals surface area contributed by atoms with Gasteiger partial charge in [-0.2, -0.15) is 13.8 Å². The molecule has 7 nitrogen and oxygen atoms in total. The van der Waals surface area contributed by atoms with Gasteiger partial charge in [-0.15, -0.1) is 5.10 Å². The van der Waals surface area contributed by atoms with Gasteiger partial charge in [0.05, 0.1) is 5.69 Å². The van der Waals surface area contributed by atoms with Gasteiger partial charge in [-0.1, -0.05) is 24.3 Å². The highest BCUT2D eigenvalue weighted by molar-refractivity contribution is 5.94. The Bertz CT molecular complexity index is 1590. The number of anilines is 2. The van der Waals surface area contributed by atoms with Crippen LogP contribution in [0.2, 0.25) is 0 Å². The zero-order valence-electron chi connectivity index (χ0n) is 19.5. The molecule has 0 fully saturated rings. The van der Waals surface area contributed by atoms with E-state index < -0.39 is 12.4 Å². The highest BCUT2D eigenvalue weighted by Gasteiger charge is 2.14. The van der Waals surface area contributed by atoms with Crippen molar-refractivity contribution in [2.75, 3.05) is 5.32 Å². The summed E-state index contributed by atoms with van der Waals surface area (Å²) in [6.07, 6.45) is 1.72. The molecule has 1 amide bonds. The third-order valence-electron chi connectivity index (χ3n) is 5.58. The SMILES string of the molecule is O=C(NCc1ccc(F)cc1)c1ccc(-c2ccc3nc(Nc4ccc(F)cc4OC(F)F)nn3c2)cc1. The Morgan fingerprint density at radius 1 is 0.895 bits per heavy atom. The molecule has 5 aromatic rings. The van der Waals surface area contributed by atoms with Crippen LogP contribution in [-0.2, 0) is 6.54 Å². The molecule has 2 N–H and O–H groups in total. The lowest BCUT2D eigenvalue weighted by Crippen LogP contribution is -2.22. The molecule has 0 saturated carbocycles. The van der Waals surface area contributed by atoms with E-state index in [2.05, 4.69) is 25.5 Å². The first kappa shape index (κ1) is 24.8. The lowest BCUT2D eigenvalue weighted by molar-refractivity contribution is -0.0495. The fraction of sp³-hybridized carbons (Fsp3) is 0.0741. The zero-order valence-corrected chi connectivity index (χ0v) is 19.5. The normalized spacial score (nSPS) is 11.1. The van der Waals surface area contributed by atoms with Crippen molar-refractivity contribution in [1.29, 1.82) is 0 Å². The van der Waals surface area contributed by atoms with Gasteiger partial charge >= 0.3 is 6.61 Å². The molecule has 38 heavy (non-hydrogen) atoms. The summed E-state index contributed by atoms with van der Waals surface area (Å²) in [5.41, 5.74) is 3.41. The molecule has 192 valence electrons. The van der Waals surface area contributed by atoms with Gasteiger partial charge in [-0.3, -0.25) is 4.79 Å². The molecule has 11 heteroatoms. The Morgan fingerprint density at radius 2 is 1.61 bits per heavy atom. The number of aromatic nitrogens is 3. The van der Waals surface area contributed by atoms with Gasteiger partial charge in [0.2, 0.25) is 5.95 Å². The summed E-state index contributed by atoms with van der Waals surface area (Å²) >= 11 is 0. The van der Waals surface area contributed by atoms with Crippen LogP contribution in [0.25, 0.3) is 16.8 Å². The summed E-state index contributed by atoms with van der Waals surface area (Å²) in [5, 5.41) is 9.88.